The first-order chi connectivity index (χ1) is 8.07. The number of hydrogen-bond donors (Lipinski definition) is 0. The third kappa shape index (κ3) is 2.72. The van der Waals surface area contributed by atoms with Gasteiger partial charge in [0.1, 0.15) is 5.41 Å². The van der Waals surface area contributed by atoms with Crippen LogP contribution < -0.4 is 0 Å². The lowest BCUT2D eigenvalue weighted by Gasteiger charge is -2.25. The summed E-state index contributed by atoms with van der Waals surface area (Å²) in [6, 6.07) is 3.30. The first-order valence-corrected chi connectivity index (χ1v) is 6.36. The van der Waals surface area contributed by atoms with Crippen molar-refractivity contribution in [1.82, 2.24) is 4.98 Å². The number of nitrogens with zero attached hydrogens (tertiary/aromatic N) is 1. The van der Waals surface area contributed by atoms with Crippen LogP contribution in [0.1, 0.15) is 19.4 Å². The molecule has 0 amide bonds. The maximum atomic E-state index is 12.0. The quantitative estimate of drug-likeness (QED) is 0.473. The average molecular weight is 300 g/mol. The van der Waals surface area contributed by atoms with Crippen molar-refractivity contribution in [3.63, 3.8) is 0 Å². The fourth-order valence-corrected chi connectivity index (χ4v) is 2.05. The predicted molar refractivity (Wildman–Crippen MR) is 67.0 cm³/mol. The lowest BCUT2D eigenvalue weighted by Crippen LogP contribution is -2.43. The van der Waals surface area contributed by atoms with Crippen LogP contribution in [0.25, 0.3) is 0 Å². The molecule has 17 heavy (non-hydrogen) atoms. The highest BCUT2D eigenvalue weighted by molar-refractivity contribution is 9.09. The van der Waals surface area contributed by atoms with E-state index in [-0.39, 0.29) is 17.7 Å². The third-order valence-electron chi connectivity index (χ3n) is 2.62. The molecule has 1 atom stereocenters. The highest BCUT2D eigenvalue weighted by Crippen LogP contribution is 2.27. The number of ether oxygens (including phenoxy) is 1. The Hall–Kier alpha value is -1.23. The molecule has 1 aromatic rings. The summed E-state index contributed by atoms with van der Waals surface area (Å²) in [6.45, 7) is 3.53. The molecule has 0 aliphatic rings. The summed E-state index contributed by atoms with van der Waals surface area (Å²) in [7, 11) is 0. The second kappa shape index (κ2) is 5.91. The van der Waals surface area contributed by atoms with Crippen LogP contribution in [0.3, 0.4) is 0 Å². The van der Waals surface area contributed by atoms with E-state index in [1.165, 1.54) is 0 Å². The number of pyridine rings is 1. The Morgan fingerprint density at radius 1 is 1.41 bits per heavy atom. The van der Waals surface area contributed by atoms with Crippen molar-refractivity contribution in [3.8, 4) is 0 Å². The first kappa shape index (κ1) is 13.8. The van der Waals surface area contributed by atoms with E-state index in [4.69, 9.17) is 4.74 Å². The minimum Gasteiger partial charge on any atom is -0.465 e. The molecule has 4 nitrogen and oxygen atoms in total. The van der Waals surface area contributed by atoms with Crippen LogP contribution in [0, 0.1) is 0 Å². The maximum Gasteiger partial charge on any atom is 0.323 e. The Balaban J connectivity index is 3.20. The van der Waals surface area contributed by atoms with Crippen LogP contribution in [-0.2, 0) is 19.7 Å². The van der Waals surface area contributed by atoms with Gasteiger partial charge in [-0.15, -0.1) is 0 Å². The summed E-state index contributed by atoms with van der Waals surface area (Å²) in [5, 5.41) is 0.102. The van der Waals surface area contributed by atoms with E-state index >= 15 is 0 Å². The van der Waals surface area contributed by atoms with E-state index in [0.717, 1.165) is 0 Å². The van der Waals surface area contributed by atoms with Crippen LogP contribution in [0.4, 0.5) is 0 Å². The van der Waals surface area contributed by atoms with Gasteiger partial charge in [-0.2, -0.15) is 0 Å². The number of ketones is 1. The van der Waals surface area contributed by atoms with Crippen molar-refractivity contribution in [3.05, 3.63) is 30.1 Å². The summed E-state index contributed by atoms with van der Waals surface area (Å²) in [6.07, 6.45) is 3.10. The molecule has 0 radical (unpaired) electrons. The molecule has 5 heteroatoms. The molecule has 0 saturated carbocycles. The second-order valence-electron chi connectivity index (χ2n) is 3.64. The molecule has 1 heterocycles. The number of aromatic nitrogens is 1. The van der Waals surface area contributed by atoms with Gasteiger partial charge >= 0.3 is 5.97 Å². The van der Waals surface area contributed by atoms with Gasteiger partial charge in [0.15, 0.2) is 5.78 Å². The molecule has 0 saturated heterocycles. The minimum atomic E-state index is -1.28. The topological polar surface area (TPSA) is 56.3 Å². The van der Waals surface area contributed by atoms with Crippen molar-refractivity contribution in [1.29, 1.82) is 0 Å². The summed E-state index contributed by atoms with van der Waals surface area (Å²) in [5.41, 5.74) is -0.682. The van der Waals surface area contributed by atoms with Gasteiger partial charge < -0.3 is 4.74 Å². The van der Waals surface area contributed by atoms with Gasteiger partial charge in [-0.25, -0.2) is 0 Å². The van der Waals surface area contributed by atoms with E-state index < -0.39 is 11.4 Å². The summed E-state index contributed by atoms with van der Waals surface area (Å²) in [4.78, 5) is 27.8. The Bertz CT molecular complexity index is 407. The fraction of sp³-hybridized carbons (Fsp3) is 0.417. The largest absolute Gasteiger partial charge is 0.465 e. The Labute approximate surface area is 109 Å². The smallest absolute Gasteiger partial charge is 0.323 e. The van der Waals surface area contributed by atoms with Crippen molar-refractivity contribution in [2.75, 3.05) is 11.9 Å². The van der Waals surface area contributed by atoms with Crippen LogP contribution in [-0.4, -0.2) is 28.7 Å². The van der Waals surface area contributed by atoms with Gasteiger partial charge in [0.25, 0.3) is 0 Å². The van der Waals surface area contributed by atoms with E-state index in [1.54, 1.807) is 38.4 Å². The lowest BCUT2D eigenvalue weighted by molar-refractivity contribution is -0.152. The number of esters is 1. The molecule has 0 spiro atoms. The second-order valence-corrected chi connectivity index (χ2v) is 4.20. The van der Waals surface area contributed by atoms with E-state index in [1.807, 2.05) is 0 Å². The van der Waals surface area contributed by atoms with Gasteiger partial charge in [0.05, 0.1) is 11.9 Å². The monoisotopic (exact) mass is 299 g/mol. The van der Waals surface area contributed by atoms with Crippen molar-refractivity contribution in [2.45, 2.75) is 19.3 Å². The predicted octanol–water partition coefficient (Wildman–Crippen LogP) is 1.87. The van der Waals surface area contributed by atoms with Crippen molar-refractivity contribution in [2.24, 2.45) is 0 Å². The zero-order valence-electron chi connectivity index (χ0n) is 9.77. The van der Waals surface area contributed by atoms with Crippen LogP contribution in [0.2, 0.25) is 0 Å². The molecule has 1 aromatic heterocycles. The normalized spacial score (nSPS) is 13.8. The van der Waals surface area contributed by atoms with Gasteiger partial charge in [0, 0.05) is 12.4 Å². The molecule has 0 bridgehead atoms. The first-order valence-electron chi connectivity index (χ1n) is 5.24. The number of carbonyl (C=O) groups excluding carboxylic acids is 2. The maximum absolute atomic E-state index is 12.0. The Kier molecular flexibility index (Phi) is 4.81. The van der Waals surface area contributed by atoms with Crippen molar-refractivity contribution < 1.29 is 14.3 Å². The average Bonchev–Trinajstić information content (AvgIpc) is 2.38. The SMILES string of the molecule is CCOC(=O)C(C)(C(=O)CBr)c1ccncc1. The number of Topliss-reactive ketones (excluding diaryl/α,β-unsaturated/α-hetero) is 1. The van der Waals surface area contributed by atoms with Gasteiger partial charge in [0.2, 0.25) is 0 Å². The van der Waals surface area contributed by atoms with E-state index in [9.17, 15) is 9.59 Å². The molecular formula is C12H14BrNO3. The van der Waals surface area contributed by atoms with Gasteiger partial charge in [-0.1, -0.05) is 15.9 Å². The standard InChI is InChI=1S/C12H14BrNO3/c1-3-17-11(16)12(2,10(15)8-13)9-4-6-14-7-5-9/h4-7H,3,8H2,1-2H3. The van der Waals surface area contributed by atoms with Crippen LogP contribution in [0.15, 0.2) is 24.5 Å². The Morgan fingerprint density at radius 3 is 2.47 bits per heavy atom. The van der Waals surface area contributed by atoms with Crippen LogP contribution >= 0.6 is 15.9 Å². The van der Waals surface area contributed by atoms with E-state index in [2.05, 4.69) is 20.9 Å². The van der Waals surface area contributed by atoms with Crippen molar-refractivity contribution >= 4 is 27.7 Å². The number of rotatable bonds is 5. The molecule has 0 aliphatic heterocycles. The molecule has 0 aromatic carbocycles. The zero-order valence-corrected chi connectivity index (χ0v) is 11.4. The van der Waals surface area contributed by atoms with Gasteiger partial charge in [-0.05, 0) is 31.5 Å². The minimum absolute atomic E-state index is 0.102. The molecule has 0 aliphatic carbocycles. The lowest BCUT2D eigenvalue weighted by atomic mass is 9.79. The fourth-order valence-electron chi connectivity index (χ4n) is 1.49. The highest BCUT2D eigenvalue weighted by atomic mass is 79.9. The zero-order chi connectivity index (χ0) is 12.9. The molecule has 0 N–H and O–H groups in total. The van der Waals surface area contributed by atoms with E-state index in [0.29, 0.717) is 5.56 Å². The highest BCUT2D eigenvalue weighted by Gasteiger charge is 2.43. The number of carbonyl (C=O) groups is 2. The number of halogens is 1. The summed E-state index contributed by atoms with van der Waals surface area (Å²) >= 11 is 3.09. The molecule has 1 unspecified atom stereocenters. The third-order valence-corrected chi connectivity index (χ3v) is 3.13. The van der Waals surface area contributed by atoms with Crippen LogP contribution in [0.5, 0.6) is 0 Å². The molecular weight excluding hydrogens is 286 g/mol. The Morgan fingerprint density at radius 2 is 2.00 bits per heavy atom. The molecule has 1 rings (SSSR count). The molecule has 92 valence electrons. The summed E-state index contributed by atoms with van der Waals surface area (Å²) < 4.78 is 4.98. The number of hydrogen-bond acceptors (Lipinski definition) is 4. The molecule has 0 fully saturated rings. The number of alkyl halides is 1. The van der Waals surface area contributed by atoms with Gasteiger partial charge in [-0.3, -0.25) is 14.6 Å². The summed E-state index contributed by atoms with van der Waals surface area (Å²) in [5.74, 6) is -0.766.